The van der Waals surface area contributed by atoms with Crippen molar-refractivity contribution in [2.45, 2.75) is 37.8 Å². The quantitative estimate of drug-likeness (QED) is 0.670. The highest BCUT2D eigenvalue weighted by atomic mass is 16.5. The molecule has 1 aliphatic carbocycles. The molecule has 156 valence electrons. The molecule has 2 fully saturated rings. The van der Waals surface area contributed by atoms with Gasteiger partial charge in [0.1, 0.15) is 5.52 Å². The maximum atomic E-state index is 5.51. The molecule has 1 saturated carbocycles. The minimum Gasteiger partial charge on any atom is -0.380 e. The van der Waals surface area contributed by atoms with Gasteiger partial charge < -0.3 is 20.3 Å². The van der Waals surface area contributed by atoms with E-state index in [2.05, 4.69) is 47.6 Å². The van der Waals surface area contributed by atoms with Crippen molar-refractivity contribution in [2.75, 3.05) is 41.8 Å². The number of hydrogen-bond donors (Lipinski definition) is 2. The number of hydrogen-bond acceptors (Lipinski definition) is 8. The number of morpholine rings is 1. The molecule has 8 heteroatoms. The Balaban J connectivity index is 1.29. The highest BCUT2D eigenvalue weighted by Crippen LogP contribution is 2.31. The lowest BCUT2D eigenvalue weighted by Crippen LogP contribution is -2.36. The van der Waals surface area contributed by atoms with Gasteiger partial charge >= 0.3 is 0 Å². The molecular weight excluding hydrogens is 378 g/mol. The summed E-state index contributed by atoms with van der Waals surface area (Å²) in [7, 11) is 0. The molecule has 0 amide bonds. The van der Waals surface area contributed by atoms with Crippen molar-refractivity contribution in [2.24, 2.45) is 0 Å². The van der Waals surface area contributed by atoms with E-state index in [0.717, 1.165) is 68.7 Å². The molecule has 2 N–H and O–H groups in total. The molecule has 1 aromatic carbocycles. The second-order valence-electron chi connectivity index (χ2n) is 7.93. The predicted octanol–water partition coefficient (Wildman–Crippen LogP) is 3.09. The summed E-state index contributed by atoms with van der Waals surface area (Å²) in [4.78, 5) is 20.1. The first kappa shape index (κ1) is 19.0. The number of nitrogens with zero attached hydrogens (tertiary/aromatic N) is 5. The van der Waals surface area contributed by atoms with E-state index in [1.54, 1.807) is 24.8 Å². The van der Waals surface area contributed by atoms with Crippen LogP contribution in [-0.4, -0.2) is 58.3 Å². The first-order valence-electron chi connectivity index (χ1n) is 10.7. The first-order chi connectivity index (χ1) is 14.8. The largest absolute Gasteiger partial charge is 0.380 e. The lowest BCUT2D eigenvalue weighted by molar-refractivity contribution is 0.122. The summed E-state index contributed by atoms with van der Waals surface area (Å²) in [5, 5.41) is 7.22. The van der Waals surface area contributed by atoms with Crippen LogP contribution in [0.15, 0.2) is 43.0 Å². The summed E-state index contributed by atoms with van der Waals surface area (Å²) in [5.41, 5.74) is 4.13. The van der Waals surface area contributed by atoms with Crippen LogP contribution in [0, 0.1) is 0 Å². The van der Waals surface area contributed by atoms with Crippen molar-refractivity contribution in [3.8, 4) is 0 Å². The van der Waals surface area contributed by atoms with Gasteiger partial charge in [0.15, 0.2) is 0 Å². The molecular formula is C22H27N7O. The van der Waals surface area contributed by atoms with Crippen molar-refractivity contribution in [3.63, 3.8) is 0 Å². The van der Waals surface area contributed by atoms with Crippen molar-refractivity contribution in [3.05, 3.63) is 43.0 Å². The number of anilines is 3. The van der Waals surface area contributed by atoms with Gasteiger partial charge in [0.25, 0.3) is 0 Å². The van der Waals surface area contributed by atoms with Crippen LogP contribution >= 0.6 is 0 Å². The Labute approximate surface area is 176 Å². The van der Waals surface area contributed by atoms with Crippen molar-refractivity contribution in [1.29, 1.82) is 0 Å². The van der Waals surface area contributed by atoms with E-state index in [4.69, 9.17) is 4.74 Å². The van der Waals surface area contributed by atoms with Crippen LogP contribution in [0.2, 0.25) is 0 Å². The van der Waals surface area contributed by atoms with Gasteiger partial charge in [-0.1, -0.05) is 0 Å². The Bertz CT molecular complexity index is 970. The number of fused-ring (bicyclic) bond motifs is 1. The first-order valence-corrected chi connectivity index (χ1v) is 10.7. The number of benzene rings is 1. The monoisotopic (exact) mass is 405 g/mol. The smallest absolute Gasteiger partial charge is 0.222 e. The highest BCUT2D eigenvalue weighted by molar-refractivity contribution is 5.91. The molecule has 5 rings (SSSR count). The molecule has 2 aliphatic rings. The Morgan fingerprint density at radius 2 is 1.50 bits per heavy atom. The fraction of sp³-hybridized carbons (Fsp3) is 0.455. The Hall–Kier alpha value is -3.00. The third-order valence-electron chi connectivity index (χ3n) is 5.92. The van der Waals surface area contributed by atoms with Crippen molar-refractivity contribution in [1.82, 2.24) is 19.9 Å². The SMILES string of the molecule is c1cnc(NC2CCC(Nc3cc(N4CCOCC4)cc4nccnc34)CC2)nc1. The van der Waals surface area contributed by atoms with E-state index in [9.17, 15) is 0 Å². The van der Waals surface area contributed by atoms with E-state index < -0.39 is 0 Å². The molecule has 0 spiro atoms. The molecule has 0 radical (unpaired) electrons. The predicted molar refractivity (Wildman–Crippen MR) is 118 cm³/mol. The Kier molecular flexibility index (Phi) is 5.56. The van der Waals surface area contributed by atoms with E-state index >= 15 is 0 Å². The standard InChI is InChI=1S/C22H27N7O/c1-6-25-22(26-7-1)28-17-4-2-16(3-5-17)27-20-15-18(29-10-12-30-13-11-29)14-19-21(20)24-9-8-23-19/h1,6-9,14-17,27H,2-5,10-13H2,(H,25,26,28). The van der Waals surface area contributed by atoms with E-state index in [-0.39, 0.29) is 0 Å². The summed E-state index contributed by atoms with van der Waals surface area (Å²) in [5.74, 6) is 0.716. The zero-order chi connectivity index (χ0) is 20.2. The minimum atomic E-state index is 0.418. The molecule has 2 aromatic heterocycles. The third kappa shape index (κ3) is 4.28. The van der Waals surface area contributed by atoms with Gasteiger partial charge in [-0.05, 0) is 43.9 Å². The van der Waals surface area contributed by atoms with Gasteiger partial charge in [-0.3, -0.25) is 9.97 Å². The fourth-order valence-corrected chi connectivity index (χ4v) is 4.33. The summed E-state index contributed by atoms with van der Waals surface area (Å²) in [6, 6.07) is 7.04. The summed E-state index contributed by atoms with van der Waals surface area (Å²) < 4.78 is 5.51. The lowest BCUT2D eigenvalue weighted by Gasteiger charge is -2.32. The summed E-state index contributed by atoms with van der Waals surface area (Å²) in [6.45, 7) is 3.35. The molecule has 3 heterocycles. The van der Waals surface area contributed by atoms with Crippen LogP contribution in [0.4, 0.5) is 17.3 Å². The van der Waals surface area contributed by atoms with Crippen LogP contribution in [-0.2, 0) is 4.74 Å². The highest BCUT2D eigenvalue weighted by Gasteiger charge is 2.23. The van der Waals surface area contributed by atoms with Gasteiger partial charge in [0, 0.05) is 55.6 Å². The normalized spacial score (nSPS) is 22.1. The number of rotatable bonds is 5. The molecule has 0 unspecified atom stereocenters. The van der Waals surface area contributed by atoms with Gasteiger partial charge in [-0.25, -0.2) is 9.97 Å². The average molecular weight is 406 g/mol. The fourth-order valence-electron chi connectivity index (χ4n) is 4.33. The lowest BCUT2D eigenvalue weighted by atomic mass is 9.91. The van der Waals surface area contributed by atoms with E-state index in [1.807, 2.05) is 6.07 Å². The zero-order valence-corrected chi connectivity index (χ0v) is 17.0. The van der Waals surface area contributed by atoms with Gasteiger partial charge in [0.2, 0.25) is 5.95 Å². The van der Waals surface area contributed by atoms with Gasteiger partial charge in [0.05, 0.1) is 24.4 Å². The zero-order valence-electron chi connectivity index (χ0n) is 17.0. The average Bonchev–Trinajstić information content (AvgIpc) is 2.81. The maximum absolute atomic E-state index is 5.51. The second-order valence-corrected chi connectivity index (χ2v) is 7.93. The van der Waals surface area contributed by atoms with E-state index in [1.165, 1.54) is 5.69 Å². The molecule has 0 atom stereocenters. The molecule has 1 saturated heterocycles. The summed E-state index contributed by atoms with van der Waals surface area (Å²) in [6.07, 6.45) is 11.4. The molecule has 30 heavy (non-hydrogen) atoms. The Morgan fingerprint density at radius 1 is 0.800 bits per heavy atom. The second kappa shape index (κ2) is 8.79. The number of aromatic nitrogens is 4. The molecule has 0 bridgehead atoms. The van der Waals surface area contributed by atoms with Crippen molar-refractivity contribution < 1.29 is 4.74 Å². The number of ether oxygens (including phenoxy) is 1. The minimum absolute atomic E-state index is 0.418. The number of nitrogens with one attached hydrogen (secondary N) is 2. The molecule has 1 aliphatic heterocycles. The molecule has 3 aromatic rings. The van der Waals surface area contributed by atoms with E-state index in [0.29, 0.717) is 18.0 Å². The van der Waals surface area contributed by atoms with Gasteiger partial charge in [-0.2, -0.15) is 0 Å². The van der Waals surface area contributed by atoms with Crippen LogP contribution in [0.5, 0.6) is 0 Å². The maximum Gasteiger partial charge on any atom is 0.222 e. The Morgan fingerprint density at radius 3 is 2.27 bits per heavy atom. The summed E-state index contributed by atoms with van der Waals surface area (Å²) >= 11 is 0. The van der Waals surface area contributed by atoms with Crippen molar-refractivity contribution >= 4 is 28.4 Å². The third-order valence-corrected chi connectivity index (χ3v) is 5.92. The topological polar surface area (TPSA) is 88.1 Å². The van der Waals surface area contributed by atoms with Crippen LogP contribution in [0.3, 0.4) is 0 Å². The van der Waals surface area contributed by atoms with Crippen LogP contribution in [0.25, 0.3) is 11.0 Å². The van der Waals surface area contributed by atoms with Crippen LogP contribution in [0.1, 0.15) is 25.7 Å². The molecule has 8 nitrogen and oxygen atoms in total. The van der Waals surface area contributed by atoms with Crippen LogP contribution < -0.4 is 15.5 Å². The van der Waals surface area contributed by atoms with Gasteiger partial charge in [-0.15, -0.1) is 0 Å².